The van der Waals surface area contributed by atoms with E-state index >= 15 is 0 Å². The molecule has 2 rings (SSSR count). The van der Waals surface area contributed by atoms with Crippen LogP contribution in [0, 0.1) is 0 Å². The summed E-state index contributed by atoms with van der Waals surface area (Å²) in [4.78, 5) is 14.7. The van der Waals surface area contributed by atoms with Gasteiger partial charge in [0.05, 0.1) is 0 Å². The van der Waals surface area contributed by atoms with Gasteiger partial charge in [0.15, 0.2) is 0 Å². The van der Waals surface area contributed by atoms with Gasteiger partial charge in [0, 0.05) is 39.6 Å². The van der Waals surface area contributed by atoms with Crippen molar-refractivity contribution in [3.8, 4) is 0 Å². The van der Waals surface area contributed by atoms with Crippen LogP contribution in [0.25, 0.3) is 5.57 Å². The summed E-state index contributed by atoms with van der Waals surface area (Å²) in [5, 5.41) is 0. The zero-order valence-electron chi connectivity index (χ0n) is 14.7. The topological polar surface area (TPSA) is 23.6 Å². The summed E-state index contributed by atoms with van der Waals surface area (Å²) in [5.74, 6) is 0. The van der Waals surface area contributed by atoms with Crippen molar-refractivity contribution in [2.45, 2.75) is 0 Å². The largest absolute Gasteiger partial charge is 0.378 e. The molecule has 0 aliphatic rings. The van der Waals surface area contributed by atoms with Gasteiger partial charge in [-0.25, -0.2) is 0 Å². The number of rotatable bonds is 6. The highest BCUT2D eigenvalue weighted by Gasteiger charge is 2.06. The Labute approximate surface area is 144 Å². The summed E-state index contributed by atoms with van der Waals surface area (Å²) < 4.78 is 0. The van der Waals surface area contributed by atoms with Crippen LogP contribution in [0.3, 0.4) is 0 Å². The van der Waals surface area contributed by atoms with E-state index in [1.165, 1.54) is 6.08 Å². The predicted octanol–water partition coefficient (Wildman–Crippen LogP) is 4.01. The number of carbonyl (C=O) groups excluding carboxylic acids is 1. The highest BCUT2D eigenvalue weighted by Crippen LogP contribution is 2.27. The Morgan fingerprint density at radius 1 is 0.708 bits per heavy atom. The van der Waals surface area contributed by atoms with E-state index in [4.69, 9.17) is 0 Å². The Kier molecular flexibility index (Phi) is 5.96. The Bertz CT molecular complexity index is 670. The van der Waals surface area contributed by atoms with Crippen molar-refractivity contribution < 1.29 is 4.79 Å². The lowest BCUT2D eigenvalue weighted by Crippen LogP contribution is -2.08. The van der Waals surface area contributed by atoms with Gasteiger partial charge >= 0.3 is 0 Å². The van der Waals surface area contributed by atoms with Crippen molar-refractivity contribution in [1.82, 2.24) is 0 Å². The van der Waals surface area contributed by atoms with Crippen molar-refractivity contribution in [3.05, 3.63) is 77.9 Å². The molecule has 0 saturated carbocycles. The van der Waals surface area contributed by atoms with Crippen LogP contribution in [0.5, 0.6) is 0 Å². The fraction of sp³-hybridized carbons (Fsp3) is 0.190. The molecule has 0 unspecified atom stereocenters. The highest BCUT2D eigenvalue weighted by molar-refractivity contribution is 5.82. The normalized spacial score (nSPS) is 10.5. The lowest BCUT2D eigenvalue weighted by atomic mass is 9.97. The molecule has 0 atom stereocenters. The highest BCUT2D eigenvalue weighted by atomic mass is 16.1. The molecule has 0 aliphatic carbocycles. The van der Waals surface area contributed by atoms with E-state index in [1.807, 2.05) is 34.3 Å². The van der Waals surface area contributed by atoms with Gasteiger partial charge in [-0.2, -0.15) is 0 Å². The van der Waals surface area contributed by atoms with Crippen LogP contribution in [0.1, 0.15) is 11.1 Å². The average molecular weight is 320 g/mol. The Morgan fingerprint density at radius 3 is 1.46 bits per heavy atom. The zero-order chi connectivity index (χ0) is 17.5. The van der Waals surface area contributed by atoms with Crippen molar-refractivity contribution in [2.75, 3.05) is 38.0 Å². The maximum atomic E-state index is 10.6. The molecule has 0 saturated heterocycles. The monoisotopic (exact) mass is 320 g/mol. The van der Waals surface area contributed by atoms with E-state index in [0.29, 0.717) is 0 Å². The summed E-state index contributed by atoms with van der Waals surface area (Å²) in [6.07, 6.45) is 6.05. The molecule has 0 heterocycles. The Hall–Kier alpha value is -2.81. The van der Waals surface area contributed by atoms with E-state index in [9.17, 15) is 4.79 Å². The molecule has 124 valence electrons. The average Bonchev–Trinajstić information content (AvgIpc) is 2.59. The molecule has 0 N–H and O–H groups in total. The van der Waals surface area contributed by atoms with Crippen LogP contribution in [-0.4, -0.2) is 34.5 Å². The molecule has 2 aromatic carbocycles. The van der Waals surface area contributed by atoms with Crippen LogP contribution >= 0.6 is 0 Å². The molecule has 3 nitrogen and oxygen atoms in total. The van der Waals surface area contributed by atoms with E-state index in [2.05, 4.69) is 58.3 Å². The first kappa shape index (κ1) is 17.5. The van der Waals surface area contributed by atoms with Gasteiger partial charge in [-0.3, -0.25) is 4.79 Å². The molecular formula is C21H24N2O. The van der Waals surface area contributed by atoms with Gasteiger partial charge in [0.25, 0.3) is 0 Å². The molecule has 0 aromatic heterocycles. The van der Waals surface area contributed by atoms with Gasteiger partial charge in [0.2, 0.25) is 0 Å². The van der Waals surface area contributed by atoms with Crippen LogP contribution in [-0.2, 0) is 4.79 Å². The number of nitrogens with zero attached hydrogens (tertiary/aromatic N) is 2. The quantitative estimate of drug-likeness (QED) is 0.456. The standard InChI is InChI=1S/C21H24N2O/c1-22(2)19-12-8-17(9-13-19)21(7-5-6-16-24)18-10-14-20(15-11-18)23(3)4/h5-16H,1-4H3. The molecule has 3 heteroatoms. The van der Waals surface area contributed by atoms with Gasteiger partial charge in [-0.1, -0.05) is 36.4 Å². The second-order valence-corrected chi connectivity index (χ2v) is 5.98. The number of hydrogen-bond acceptors (Lipinski definition) is 3. The van der Waals surface area contributed by atoms with E-state index in [1.54, 1.807) is 6.08 Å². The minimum Gasteiger partial charge on any atom is -0.378 e. The summed E-state index contributed by atoms with van der Waals surface area (Å²) >= 11 is 0. The Morgan fingerprint density at radius 2 is 1.12 bits per heavy atom. The number of allylic oxidation sites excluding steroid dienone is 3. The van der Waals surface area contributed by atoms with Gasteiger partial charge < -0.3 is 9.80 Å². The summed E-state index contributed by atoms with van der Waals surface area (Å²) in [6, 6.07) is 16.8. The van der Waals surface area contributed by atoms with E-state index in [0.717, 1.165) is 34.4 Å². The first-order chi connectivity index (χ1) is 11.5. The summed E-state index contributed by atoms with van der Waals surface area (Å²) in [7, 11) is 8.11. The molecule has 0 aliphatic heterocycles. The summed E-state index contributed by atoms with van der Waals surface area (Å²) in [5.41, 5.74) is 5.64. The minimum absolute atomic E-state index is 0.790. The fourth-order valence-electron chi connectivity index (χ4n) is 2.43. The SMILES string of the molecule is CN(C)c1ccc(C(=CC=CC=O)c2ccc(N(C)C)cc2)cc1. The maximum absolute atomic E-state index is 10.6. The third kappa shape index (κ3) is 4.35. The van der Waals surface area contributed by atoms with Gasteiger partial charge in [0.1, 0.15) is 6.29 Å². The third-order valence-corrected chi connectivity index (χ3v) is 3.84. The van der Waals surface area contributed by atoms with Crippen molar-refractivity contribution in [1.29, 1.82) is 0 Å². The van der Waals surface area contributed by atoms with Crippen LogP contribution in [0.15, 0.2) is 66.8 Å². The molecule has 0 fully saturated rings. The number of benzene rings is 2. The van der Waals surface area contributed by atoms with Crippen LogP contribution in [0.2, 0.25) is 0 Å². The van der Waals surface area contributed by atoms with Gasteiger partial charge in [-0.15, -0.1) is 0 Å². The Balaban J connectivity index is 2.42. The number of aldehydes is 1. The summed E-state index contributed by atoms with van der Waals surface area (Å²) in [6.45, 7) is 0. The molecule has 2 aromatic rings. The number of carbonyl (C=O) groups is 1. The molecule has 24 heavy (non-hydrogen) atoms. The molecule has 0 radical (unpaired) electrons. The van der Waals surface area contributed by atoms with Crippen molar-refractivity contribution in [2.24, 2.45) is 0 Å². The molecule has 0 amide bonds. The second kappa shape index (κ2) is 8.16. The third-order valence-electron chi connectivity index (χ3n) is 3.84. The first-order valence-electron chi connectivity index (χ1n) is 7.90. The lowest BCUT2D eigenvalue weighted by Gasteiger charge is -2.15. The first-order valence-corrected chi connectivity index (χ1v) is 7.90. The number of hydrogen-bond donors (Lipinski definition) is 0. The molecule has 0 spiro atoms. The van der Waals surface area contributed by atoms with E-state index in [-0.39, 0.29) is 0 Å². The molecule has 0 bridgehead atoms. The lowest BCUT2D eigenvalue weighted by molar-refractivity contribution is -0.104. The number of anilines is 2. The molecular weight excluding hydrogens is 296 g/mol. The second-order valence-electron chi connectivity index (χ2n) is 5.98. The predicted molar refractivity (Wildman–Crippen MR) is 104 cm³/mol. The zero-order valence-corrected chi connectivity index (χ0v) is 14.7. The van der Waals surface area contributed by atoms with Crippen LogP contribution < -0.4 is 9.80 Å². The maximum Gasteiger partial charge on any atom is 0.142 e. The van der Waals surface area contributed by atoms with Crippen LogP contribution in [0.4, 0.5) is 11.4 Å². The van der Waals surface area contributed by atoms with Crippen molar-refractivity contribution >= 4 is 23.2 Å². The smallest absolute Gasteiger partial charge is 0.142 e. The van der Waals surface area contributed by atoms with Crippen molar-refractivity contribution in [3.63, 3.8) is 0 Å². The fourth-order valence-corrected chi connectivity index (χ4v) is 2.43. The minimum atomic E-state index is 0.790. The van der Waals surface area contributed by atoms with Gasteiger partial charge in [-0.05, 0) is 47.0 Å². The van der Waals surface area contributed by atoms with E-state index < -0.39 is 0 Å².